The van der Waals surface area contributed by atoms with Gasteiger partial charge in [-0.2, -0.15) is 0 Å². The Bertz CT molecular complexity index is 199. The first-order valence-corrected chi connectivity index (χ1v) is 4.81. The van der Waals surface area contributed by atoms with Crippen molar-refractivity contribution in [2.75, 3.05) is 7.11 Å². The summed E-state index contributed by atoms with van der Waals surface area (Å²) in [7, 11) is 1.65. The number of ether oxygens (including phenoxy) is 2. The van der Waals surface area contributed by atoms with Crippen LogP contribution in [0.3, 0.4) is 0 Å². The highest BCUT2D eigenvalue weighted by Gasteiger charge is 2.28. The number of methoxy groups -OCH3 is 1. The van der Waals surface area contributed by atoms with Crippen molar-refractivity contribution in [3.8, 4) is 0 Å². The Kier molecular flexibility index (Phi) is 3.50. The molecule has 1 aliphatic carbocycles. The summed E-state index contributed by atoms with van der Waals surface area (Å²) >= 11 is 3.33. The zero-order chi connectivity index (χ0) is 9.03. The van der Waals surface area contributed by atoms with E-state index in [1.807, 2.05) is 31.2 Å². The van der Waals surface area contributed by atoms with Crippen molar-refractivity contribution >= 4 is 15.9 Å². The molecule has 0 aromatic rings. The number of halogens is 1. The van der Waals surface area contributed by atoms with Gasteiger partial charge in [0, 0.05) is 13.5 Å². The molecule has 2 nitrogen and oxygen atoms in total. The van der Waals surface area contributed by atoms with Crippen LogP contribution < -0.4 is 0 Å². The zero-order valence-corrected chi connectivity index (χ0v) is 8.87. The fourth-order valence-corrected chi connectivity index (χ4v) is 1.46. The van der Waals surface area contributed by atoms with Gasteiger partial charge in [-0.25, -0.2) is 0 Å². The van der Waals surface area contributed by atoms with E-state index in [4.69, 9.17) is 9.47 Å². The average molecular weight is 233 g/mol. The first-order chi connectivity index (χ1) is 5.68. The molecule has 0 radical (unpaired) electrons. The van der Waals surface area contributed by atoms with Crippen LogP contribution in [0.5, 0.6) is 0 Å². The fourth-order valence-electron chi connectivity index (χ4n) is 1.14. The van der Waals surface area contributed by atoms with Crippen molar-refractivity contribution in [3.05, 3.63) is 24.3 Å². The third kappa shape index (κ3) is 2.44. The van der Waals surface area contributed by atoms with E-state index in [9.17, 15) is 0 Å². The van der Waals surface area contributed by atoms with Crippen molar-refractivity contribution in [2.24, 2.45) is 0 Å². The van der Waals surface area contributed by atoms with E-state index in [0.29, 0.717) is 0 Å². The van der Waals surface area contributed by atoms with Crippen LogP contribution >= 0.6 is 15.9 Å². The summed E-state index contributed by atoms with van der Waals surface area (Å²) in [5.74, 6) is -0.572. The van der Waals surface area contributed by atoms with E-state index >= 15 is 0 Å². The standard InChI is InChI=1S/C9H13BrO2/c1-8(10)12-9(11-2)6-4-3-5-7-9/h3-6,8H,7H2,1-2H3. The van der Waals surface area contributed by atoms with Crippen LogP contribution in [-0.4, -0.2) is 17.9 Å². The molecule has 0 spiro atoms. The summed E-state index contributed by atoms with van der Waals surface area (Å²) in [4.78, 5) is 0. The maximum absolute atomic E-state index is 5.58. The molecule has 0 bridgehead atoms. The second kappa shape index (κ2) is 4.21. The summed E-state index contributed by atoms with van der Waals surface area (Å²) in [6.45, 7) is 1.92. The highest BCUT2D eigenvalue weighted by atomic mass is 79.9. The Morgan fingerprint density at radius 3 is 2.67 bits per heavy atom. The molecular formula is C9H13BrO2. The van der Waals surface area contributed by atoms with Gasteiger partial charge in [0.15, 0.2) is 5.79 Å². The van der Waals surface area contributed by atoms with Gasteiger partial charge in [-0.15, -0.1) is 0 Å². The van der Waals surface area contributed by atoms with Crippen LogP contribution in [0.2, 0.25) is 0 Å². The molecule has 1 aliphatic rings. The minimum absolute atomic E-state index is 0.00593. The third-order valence-corrected chi connectivity index (χ3v) is 1.89. The molecule has 0 aromatic heterocycles. The first-order valence-electron chi connectivity index (χ1n) is 3.90. The van der Waals surface area contributed by atoms with Crippen LogP contribution in [0.25, 0.3) is 0 Å². The van der Waals surface area contributed by atoms with Crippen LogP contribution in [-0.2, 0) is 9.47 Å². The molecule has 0 aromatic carbocycles. The predicted octanol–water partition coefficient (Wildman–Crippen LogP) is 2.60. The van der Waals surface area contributed by atoms with Crippen LogP contribution in [0.1, 0.15) is 13.3 Å². The minimum atomic E-state index is -0.572. The van der Waals surface area contributed by atoms with Gasteiger partial charge in [0.25, 0.3) is 0 Å². The molecule has 0 heterocycles. The van der Waals surface area contributed by atoms with Crippen molar-refractivity contribution in [2.45, 2.75) is 24.1 Å². The highest BCUT2D eigenvalue weighted by Crippen LogP contribution is 2.26. The molecule has 0 N–H and O–H groups in total. The maximum atomic E-state index is 5.58. The van der Waals surface area contributed by atoms with E-state index in [-0.39, 0.29) is 5.01 Å². The van der Waals surface area contributed by atoms with E-state index < -0.39 is 5.79 Å². The van der Waals surface area contributed by atoms with Gasteiger partial charge in [0.05, 0.1) is 0 Å². The monoisotopic (exact) mass is 232 g/mol. The lowest BCUT2D eigenvalue weighted by Crippen LogP contribution is -2.34. The molecule has 0 fully saturated rings. The van der Waals surface area contributed by atoms with Crippen molar-refractivity contribution in [1.82, 2.24) is 0 Å². The summed E-state index contributed by atoms with van der Waals surface area (Å²) in [6, 6.07) is 0. The number of allylic oxidation sites excluding steroid dienone is 2. The normalized spacial score (nSPS) is 30.6. The first kappa shape index (κ1) is 9.96. The number of rotatable bonds is 3. The molecule has 0 amide bonds. The lowest BCUT2D eigenvalue weighted by molar-refractivity contribution is -0.189. The molecule has 2 atom stereocenters. The quantitative estimate of drug-likeness (QED) is 0.551. The third-order valence-electron chi connectivity index (χ3n) is 1.71. The van der Waals surface area contributed by atoms with Crippen LogP contribution in [0.15, 0.2) is 24.3 Å². The largest absolute Gasteiger partial charge is 0.349 e. The van der Waals surface area contributed by atoms with Crippen molar-refractivity contribution < 1.29 is 9.47 Å². The molecule has 0 saturated heterocycles. The predicted molar refractivity (Wildman–Crippen MR) is 52.1 cm³/mol. The van der Waals surface area contributed by atoms with Gasteiger partial charge >= 0.3 is 0 Å². The zero-order valence-electron chi connectivity index (χ0n) is 7.29. The Hall–Kier alpha value is -0.120. The second-order valence-electron chi connectivity index (χ2n) is 2.67. The van der Waals surface area contributed by atoms with Gasteiger partial charge in [0.1, 0.15) is 5.01 Å². The summed E-state index contributed by atoms with van der Waals surface area (Å²) < 4.78 is 10.9. The second-order valence-corrected chi connectivity index (χ2v) is 3.96. The smallest absolute Gasteiger partial charge is 0.192 e. The van der Waals surface area contributed by atoms with Crippen molar-refractivity contribution in [3.63, 3.8) is 0 Å². The lowest BCUT2D eigenvalue weighted by atomic mass is 10.1. The van der Waals surface area contributed by atoms with Gasteiger partial charge in [-0.1, -0.05) is 34.2 Å². The number of hydrogen-bond acceptors (Lipinski definition) is 2. The Morgan fingerprint density at radius 1 is 1.50 bits per heavy atom. The molecule has 3 heteroatoms. The van der Waals surface area contributed by atoms with E-state index in [2.05, 4.69) is 15.9 Å². The van der Waals surface area contributed by atoms with Crippen molar-refractivity contribution in [1.29, 1.82) is 0 Å². The number of alkyl halides is 1. The lowest BCUT2D eigenvalue weighted by Gasteiger charge is -2.30. The molecule has 2 unspecified atom stereocenters. The van der Waals surface area contributed by atoms with Gasteiger partial charge in [-0.3, -0.25) is 0 Å². The van der Waals surface area contributed by atoms with Gasteiger partial charge in [-0.05, 0) is 13.0 Å². The SMILES string of the molecule is COC1(OC(C)Br)C=CC=CC1. The summed E-state index contributed by atoms with van der Waals surface area (Å²) in [5.41, 5.74) is 0. The molecule has 0 saturated carbocycles. The van der Waals surface area contributed by atoms with E-state index in [0.717, 1.165) is 6.42 Å². The maximum Gasteiger partial charge on any atom is 0.192 e. The molecule has 0 aliphatic heterocycles. The summed E-state index contributed by atoms with van der Waals surface area (Å²) in [5, 5.41) is -0.00593. The molecular weight excluding hydrogens is 220 g/mol. The number of hydrogen-bond donors (Lipinski definition) is 0. The van der Waals surface area contributed by atoms with Crippen LogP contribution in [0.4, 0.5) is 0 Å². The van der Waals surface area contributed by atoms with Gasteiger partial charge in [0.2, 0.25) is 0 Å². The van der Waals surface area contributed by atoms with Crippen LogP contribution in [0, 0.1) is 0 Å². The van der Waals surface area contributed by atoms with E-state index in [1.54, 1.807) is 7.11 Å². The highest BCUT2D eigenvalue weighted by molar-refractivity contribution is 9.09. The van der Waals surface area contributed by atoms with E-state index in [1.165, 1.54) is 0 Å². The molecule has 1 rings (SSSR count). The minimum Gasteiger partial charge on any atom is -0.349 e. The topological polar surface area (TPSA) is 18.5 Å². The fraction of sp³-hybridized carbons (Fsp3) is 0.556. The molecule has 12 heavy (non-hydrogen) atoms. The molecule has 68 valence electrons. The Morgan fingerprint density at radius 2 is 2.25 bits per heavy atom. The summed E-state index contributed by atoms with van der Waals surface area (Å²) in [6.07, 6.45) is 8.63. The Balaban J connectivity index is 2.63. The average Bonchev–Trinajstić information content (AvgIpc) is 2.05. The van der Waals surface area contributed by atoms with Gasteiger partial charge < -0.3 is 9.47 Å². The Labute approximate surface area is 81.4 Å².